The zero-order valence-corrected chi connectivity index (χ0v) is 15.8. The van der Waals surface area contributed by atoms with Gasteiger partial charge in [-0.25, -0.2) is 0 Å². The predicted molar refractivity (Wildman–Crippen MR) is 103 cm³/mol. The van der Waals surface area contributed by atoms with Gasteiger partial charge in [0.1, 0.15) is 0 Å². The number of aliphatic hydroxyl groups excluding tert-OH is 1. The summed E-state index contributed by atoms with van der Waals surface area (Å²) in [6.07, 6.45) is 5.68. The van der Waals surface area contributed by atoms with Crippen molar-refractivity contribution in [1.82, 2.24) is 15.5 Å². The second-order valence-corrected chi connectivity index (χ2v) is 7.67. The summed E-state index contributed by atoms with van der Waals surface area (Å²) in [6, 6.07) is 9.11. The quantitative estimate of drug-likeness (QED) is 0.567. The Hall–Kier alpha value is -1.30. The van der Waals surface area contributed by atoms with E-state index in [9.17, 15) is 5.11 Å². The van der Waals surface area contributed by atoms with Crippen LogP contribution in [0.15, 0.2) is 29.3 Å². The van der Waals surface area contributed by atoms with E-state index in [-0.39, 0.29) is 0 Å². The van der Waals surface area contributed by atoms with E-state index in [0.29, 0.717) is 29.7 Å². The average Bonchev–Trinajstić information content (AvgIpc) is 2.59. The van der Waals surface area contributed by atoms with Gasteiger partial charge in [0.2, 0.25) is 0 Å². The lowest BCUT2D eigenvalue weighted by Crippen LogP contribution is -2.56. The van der Waals surface area contributed by atoms with Crippen molar-refractivity contribution in [2.45, 2.75) is 56.3 Å². The Labute approximate surface area is 155 Å². The molecule has 1 aromatic rings. The van der Waals surface area contributed by atoms with Crippen LogP contribution in [0.3, 0.4) is 0 Å². The van der Waals surface area contributed by atoms with Gasteiger partial charge in [0.25, 0.3) is 0 Å². The first-order valence-electron chi connectivity index (χ1n) is 9.19. The second-order valence-electron chi connectivity index (χ2n) is 7.24. The van der Waals surface area contributed by atoms with Crippen molar-refractivity contribution in [2.75, 3.05) is 20.6 Å². The lowest BCUT2D eigenvalue weighted by atomic mass is 9.82. The largest absolute Gasteiger partial charge is 0.387 e. The Morgan fingerprint density at radius 3 is 2.52 bits per heavy atom. The second kappa shape index (κ2) is 8.39. The van der Waals surface area contributed by atoms with Crippen molar-refractivity contribution in [2.24, 2.45) is 4.99 Å². The number of rotatable bonds is 4. The summed E-state index contributed by atoms with van der Waals surface area (Å²) < 4.78 is 0. The van der Waals surface area contributed by atoms with Crippen LogP contribution in [0.5, 0.6) is 0 Å². The van der Waals surface area contributed by atoms with Crippen LogP contribution in [0.25, 0.3) is 0 Å². The van der Waals surface area contributed by atoms with E-state index in [4.69, 9.17) is 11.6 Å². The summed E-state index contributed by atoms with van der Waals surface area (Å²) in [5, 5.41) is 17.8. The lowest BCUT2D eigenvalue weighted by Gasteiger charge is -2.47. The molecule has 0 spiro atoms. The molecule has 3 rings (SSSR count). The number of aliphatic imine (C=N–C) groups is 1. The van der Waals surface area contributed by atoms with Crippen molar-refractivity contribution in [1.29, 1.82) is 0 Å². The monoisotopic (exact) mass is 364 g/mol. The smallest absolute Gasteiger partial charge is 0.191 e. The molecule has 2 fully saturated rings. The lowest BCUT2D eigenvalue weighted by molar-refractivity contribution is 0.0526. The minimum absolute atomic E-state index is 0.417. The van der Waals surface area contributed by atoms with Crippen molar-refractivity contribution >= 4 is 17.6 Å². The van der Waals surface area contributed by atoms with Crippen LogP contribution < -0.4 is 10.6 Å². The van der Waals surface area contributed by atoms with Crippen LogP contribution in [0.1, 0.15) is 43.8 Å². The van der Waals surface area contributed by atoms with E-state index in [1.54, 1.807) is 19.2 Å². The molecule has 2 aliphatic rings. The van der Waals surface area contributed by atoms with Gasteiger partial charge in [-0.1, -0.05) is 30.2 Å². The fourth-order valence-electron chi connectivity index (χ4n) is 4.12. The minimum atomic E-state index is -0.590. The van der Waals surface area contributed by atoms with Gasteiger partial charge < -0.3 is 20.6 Å². The molecule has 3 atom stereocenters. The van der Waals surface area contributed by atoms with Crippen molar-refractivity contribution in [3.05, 3.63) is 34.9 Å². The number of hydrogen-bond acceptors (Lipinski definition) is 3. The molecule has 2 bridgehead atoms. The molecule has 5 nitrogen and oxygen atoms in total. The Morgan fingerprint density at radius 2 is 1.92 bits per heavy atom. The van der Waals surface area contributed by atoms with E-state index in [0.717, 1.165) is 24.4 Å². The number of fused-ring (bicyclic) bond motifs is 2. The van der Waals surface area contributed by atoms with Gasteiger partial charge in [-0.15, -0.1) is 0 Å². The summed E-state index contributed by atoms with van der Waals surface area (Å²) in [5.41, 5.74) is 0.848. The molecule has 0 amide bonds. The van der Waals surface area contributed by atoms with Crippen LogP contribution in [-0.4, -0.2) is 54.7 Å². The molecule has 25 heavy (non-hydrogen) atoms. The number of guanidine groups is 1. The molecule has 1 aromatic carbocycles. The Balaban J connectivity index is 1.50. The summed E-state index contributed by atoms with van der Waals surface area (Å²) in [5.74, 6) is 0.764. The zero-order valence-electron chi connectivity index (χ0n) is 15.1. The van der Waals surface area contributed by atoms with Gasteiger partial charge in [-0.05, 0) is 50.4 Å². The minimum Gasteiger partial charge on any atom is -0.387 e. The van der Waals surface area contributed by atoms with Crippen LogP contribution in [0.2, 0.25) is 5.02 Å². The van der Waals surface area contributed by atoms with E-state index < -0.39 is 6.10 Å². The Kier molecular flexibility index (Phi) is 6.20. The number of piperidine rings is 2. The fraction of sp³-hybridized carbons (Fsp3) is 0.632. The molecule has 3 unspecified atom stereocenters. The van der Waals surface area contributed by atoms with Gasteiger partial charge in [0.15, 0.2) is 5.96 Å². The van der Waals surface area contributed by atoms with Crippen molar-refractivity contribution in [3.63, 3.8) is 0 Å². The molecule has 2 heterocycles. The molecule has 138 valence electrons. The Bertz CT molecular complexity index is 578. The zero-order chi connectivity index (χ0) is 17.8. The molecule has 3 N–H and O–H groups in total. The first-order valence-corrected chi connectivity index (χ1v) is 9.57. The molecular weight excluding hydrogens is 336 g/mol. The highest BCUT2D eigenvalue weighted by molar-refractivity contribution is 6.30. The standard InChI is InChI=1S/C19H29ClN4O/c1-21-19(22-12-18(25)13-6-8-14(20)9-7-13)23-15-10-16-4-3-5-17(11-15)24(16)2/h6-9,15-18,25H,3-5,10-12H2,1-2H3,(H2,21,22,23). The maximum atomic E-state index is 10.3. The molecular formula is C19H29ClN4O. The molecule has 6 heteroatoms. The summed E-state index contributed by atoms with van der Waals surface area (Å²) in [6.45, 7) is 0.417. The van der Waals surface area contributed by atoms with Crippen LogP contribution in [0, 0.1) is 0 Å². The van der Waals surface area contributed by atoms with Crippen LogP contribution >= 0.6 is 11.6 Å². The number of aliphatic hydroxyl groups is 1. The van der Waals surface area contributed by atoms with Gasteiger partial charge in [0, 0.05) is 36.7 Å². The van der Waals surface area contributed by atoms with E-state index >= 15 is 0 Å². The molecule has 0 radical (unpaired) electrons. The first kappa shape index (κ1) is 18.5. The topological polar surface area (TPSA) is 59.9 Å². The molecule has 0 aliphatic carbocycles. The summed E-state index contributed by atoms with van der Waals surface area (Å²) in [7, 11) is 4.04. The van der Waals surface area contributed by atoms with Crippen molar-refractivity contribution < 1.29 is 5.11 Å². The number of benzene rings is 1. The van der Waals surface area contributed by atoms with Gasteiger partial charge in [-0.3, -0.25) is 4.99 Å². The third-order valence-electron chi connectivity index (χ3n) is 5.62. The normalized spacial score (nSPS) is 28.5. The highest BCUT2D eigenvalue weighted by atomic mass is 35.5. The Morgan fingerprint density at radius 1 is 1.28 bits per heavy atom. The molecule has 0 saturated carbocycles. The van der Waals surface area contributed by atoms with E-state index in [1.165, 1.54) is 19.3 Å². The number of nitrogens with zero attached hydrogens (tertiary/aromatic N) is 2. The maximum absolute atomic E-state index is 10.3. The van der Waals surface area contributed by atoms with Crippen LogP contribution in [0.4, 0.5) is 0 Å². The maximum Gasteiger partial charge on any atom is 0.191 e. The first-order chi connectivity index (χ1) is 12.1. The molecule has 0 aromatic heterocycles. The average molecular weight is 365 g/mol. The SMILES string of the molecule is CN=C(NCC(O)c1ccc(Cl)cc1)NC1CC2CCCC(C1)N2C. The number of halogens is 1. The predicted octanol–water partition coefficient (Wildman–Crippen LogP) is 2.55. The molecule has 2 aliphatic heterocycles. The highest BCUT2D eigenvalue weighted by Gasteiger charge is 2.36. The third-order valence-corrected chi connectivity index (χ3v) is 5.87. The number of nitrogens with one attached hydrogen (secondary N) is 2. The summed E-state index contributed by atoms with van der Waals surface area (Å²) >= 11 is 5.90. The van der Waals surface area contributed by atoms with Crippen LogP contribution in [-0.2, 0) is 0 Å². The van der Waals surface area contributed by atoms with Gasteiger partial charge in [-0.2, -0.15) is 0 Å². The van der Waals surface area contributed by atoms with Gasteiger partial charge in [0.05, 0.1) is 6.10 Å². The molecule has 2 saturated heterocycles. The van der Waals surface area contributed by atoms with Gasteiger partial charge >= 0.3 is 0 Å². The fourth-order valence-corrected chi connectivity index (χ4v) is 4.24. The summed E-state index contributed by atoms with van der Waals surface area (Å²) in [4.78, 5) is 6.88. The van der Waals surface area contributed by atoms with E-state index in [2.05, 4.69) is 27.6 Å². The van der Waals surface area contributed by atoms with E-state index in [1.807, 2.05) is 12.1 Å². The third kappa shape index (κ3) is 4.66. The highest BCUT2D eigenvalue weighted by Crippen LogP contribution is 2.32. The number of hydrogen-bond donors (Lipinski definition) is 3. The van der Waals surface area contributed by atoms with Crippen molar-refractivity contribution in [3.8, 4) is 0 Å².